The van der Waals surface area contributed by atoms with Gasteiger partial charge in [-0.2, -0.15) is 0 Å². The third-order valence-electron chi connectivity index (χ3n) is 8.03. The molecule has 1 atom stereocenters. The summed E-state index contributed by atoms with van der Waals surface area (Å²) < 4.78 is 6.83. The van der Waals surface area contributed by atoms with Crippen LogP contribution >= 0.6 is 11.6 Å². The molecule has 33 heavy (non-hydrogen) atoms. The Morgan fingerprint density at radius 3 is 2.00 bits per heavy atom. The zero-order valence-corrected chi connectivity index (χ0v) is 22.9. The van der Waals surface area contributed by atoms with Crippen LogP contribution in [-0.4, -0.2) is 39.7 Å². The van der Waals surface area contributed by atoms with E-state index in [9.17, 15) is 0 Å². The lowest BCUT2D eigenvalue weighted by atomic mass is 9.61. The average molecular weight is 483 g/mol. The van der Waals surface area contributed by atoms with Crippen molar-refractivity contribution in [2.24, 2.45) is 5.41 Å². The standard InChI is InChI=1S/C29H41ClNOSi/c1-27(2,3)26(32-33(4)5)29(24-10-7-6-8-11-24)18-20-31(21-19-29)22-28(16-9-17-28)23-12-14-25(30)15-13-23/h6-8,10-15,26H,9,16-22H2,1-5H3. The van der Waals surface area contributed by atoms with E-state index in [1.807, 2.05) is 0 Å². The third kappa shape index (κ3) is 5.27. The summed E-state index contributed by atoms with van der Waals surface area (Å²) in [6, 6.07) is 19.9. The number of nitrogens with zero attached hydrogens (tertiary/aromatic N) is 1. The molecule has 4 rings (SSSR count). The first kappa shape index (κ1) is 25.0. The Bertz CT molecular complexity index is 893. The first-order valence-corrected chi connectivity index (χ1v) is 15.4. The maximum atomic E-state index is 6.83. The number of halogens is 1. The summed E-state index contributed by atoms with van der Waals surface area (Å²) in [4.78, 5) is 2.73. The molecule has 2 aromatic rings. The lowest BCUT2D eigenvalue weighted by Gasteiger charge is -2.53. The van der Waals surface area contributed by atoms with Crippen molar-refractivity contribution in [3.05, 3.63) is 70.7 Å². The van der Waals surface area contributed by atoms with E-state index in [1.165, 1.54) is 30.4 Å². The maximum Gasteiger partial charge on any atom is 0.205 e. The molecule has 4 heteroatoms. The smallest absolute Gasteiger partial charge is 0.205 e. The molecule has 2 nitrogen and oxygen atoms in total. The van der Waals surface area contributed by atoms with Crippen LogP contribution in [0.4, 0.5) is 0 Å². The fourth-order valence-corrected chi connectivity index (χ4v) is 7.49. The Kier molecular flexibility index (Phi) is 7.46. The quantitative estimate of drug-likeness (QED) is 0.379. The van der Waals surface area contributed by atoms with Crippen LogP contribution < -0.4 is 0 Å². The van der Waals surface area contributed by atoms with Crippen LogP contribution in [0.2, 0.25) is 18.1 Å². The van der Waals surface area contributed by atoms with Crippen molar-refractivity contribution in [1.82, 2.24) is 4.90 Å². The second kappa shape index (κ2) is 9.85. The van der Waals surface area contributed by atoms with E-state index in [0.29, 0.717) is 5.41 Å². The second-order valence-electron chi connectivity index (χ2n) is 11.7. The van der Waals surface area contributed by atoms with Gasteiger partial charge in [-0.05, 0) is 80.5 Å². The van der Waals surface area contributed by atoms with Crippen molar-refractivity contribution in [2.75, 3.05) is 19.6 Å². The largest absolute Gasteiger partial charge is 0.413 e. The summed E-state index contributed by atoms with van der Waals surface area (Å²) in [7, 11) is -0.809. The highest BCUT2D eigenvalue weighted by molar-refractivity contribution is 6.48. The molecule has 2 fully saturated rings. The molecule has 0 N–H and O–H groups in total. The molecular formula is C29H41ClNOSi. The maximum absolute atomic E-state index is 6.83. The second-order valence-corrected chi connectivity index (χ2v) is 14.2. The SMILES string of the molecule is C[Si](C)OC(C(C)(C)C)C1(c2ccccc2)CCN(CC2(c3ccc(Cl)cc3)CCC2)CC1. The molecule has 179 valence electrons. The summed E-state index contributed by atoms with van der Waals surface area (Å²) in [6.07, 6.45) is 6.46. The van der Waals surface area contributed by atoms with E-state index in [-0.39, 0.29) is 16.9 Å². The minimum atomic E-state index is -0.809. The molecule has 1 unspecified atom stereocenters. The Morgan fingerprint density at radius 1 is 0.909 bits per heavy atom. The molecule has 1 heterocycles. The number of rotatable bonds is 7. The molecule has 1 saturated heterocycles. The Balaban J connectivity index is 1.57. The molecule has 1 aliphatic carbocycles. The van der Waals surface area contributed by atoms with Crippen LogP contribution in [0.3, 0.4) is 0 Å². The van der Waals surface area contributed by atoms with E-state index < -0.39 is 9.04 Å². The van der Waals surface area contributed by atoms with Crippen molar-refractivity contribution in [2.45, 2.75) is 82.9 Å². The van der Waals surface area contributed by atoms with Crippen LogP contribution in [0, 0.1) is 5.41 Å². The molecule has 0 spiro atoms. The lowest BCUT2D eigenvalue weighted by Crippen LogP contribution is -2.57. The van der Waals surface area contributed by atoms with Gasteiger partial charge in [-0.1, -0.05) is 81.3 Å². The van der Waals surface area contributed by atoms with Gasteiger partial charge in [-0.15, -0.1) is 0 Å². The predicted molar refractivity (Wildman–Crippen MR) is 143 cm³/mol. The average Bonchev–Trinajstić information content (AvgIpc) is 2.76. The van der Waals surface area contributed by atoms with E-state index >= 15 is 0 Å². The molecule has 1 saturated carbocycles. The van der Waals surface area contributed by atoms with Crippen molar-refractivity contribution < 1.29 is 4.43 Å². The minimum absolute atomic E-state index is 0.0744. The predicted octanol–water partition coefficient (Wildman–Crippen LogP) is 7.48. The molecule has 0 amide bonds. The normalized spacial score (nSPS) is 21.5. The van der Waals surface area contributed by atoms with E-state index in [4.69, 9.17) is 16.0 Å². The van der Waals surface area contributed by atoms with E-state index in [2.05, 4.69) is 93.4 Å². The molecular weight excluding hydrogens is 442 g/mol. The number of piperidine rings is 1. The van der Waals surface area contributed by atoms with Crippen molar-refractivity contribution >= 4 is 20.6 Å². The molecule has 0 bridgehead atoms. The topological polar surface area (TPSA) is 12.5 Å². The first-order valence-electron chi connectivity index (χ1n) is 12.7. The summed E-state index contributed by atoms with van der Waals surface area (Å²) in [6.45, 7) is 15.1. The van der Waals surface area contributed by atoms with Crippen LogP contribution in [-0.2, 0) is 15.3 Å². The van der Waals surface area contributed by atoms with Crippen molar-refractivity contribution in [3.63, 3.8) is 0 Å². The minimum Gasteiger partial charge on any atom is -0.413 e. The molecule has 2 aromatic carbocycles. The number of likely N-dealkylation sites (tertiary alicyclic amines) is 1. The van der Waals surface area contributed by atoms with Gasteiger partial charge in [0.1, 0.15) is 0 Å². The van der Waals surface area contributed by atoms with Crippen LogP contribution in [0.25, 0.3) is 0 Å². The fourth-order valence-electron chi connectivity index (χ4n) is 6.31. The van der Waals surface area contributed by atoms with Crippen LogP contribution in [0.1, 0.15) is 64.0 Å². The summed E-state index contributed by atoms with van der Waals surface area (Å²) in [5.74, 6) is 0. The summed E-state index contributed by atoms with van der Waals surface area (Å²) in [5, 5.41) is 0.833. The van der Waals surface area contributed by atoms with Gasteiger partial charge in [0, 0.05) is 22.4 Å². The van der Waals surface area contributed by atoms with Gasteiger partial charge in [0.2, 0.25) is 9.04 Å². The molecule has 1 aliphatic heterocycles. The fraction of sp³-hybridized carbons (Fsp3) is 0.586. The van der Waals surface area contributed by atoms with Crippen molar-refractivity contribution in [3.8, 4) is 0 Å². The highest BCUT2D eigenvalue weighted by Gasteiger charge is 2.49. The van der Waals surface area contributed by atoms with Gasteiger partial charge < -0.3 is 9.33 Å². The Morgan fingerprint density at radius 2 is 1.52 bits per heavy atom. The van der Waals surface area contributed by atoms with Gasteiger partial charge in [0.25, 0.3) is 0 Å². The molecule has 2 aliphatic rings. The zero-order valence-electron chi connectivity index (χ0n) is 21.2. The third-order valence-corrected chi connectivity index (χ3v) is 8.99. The number of hydrogen-bond acceptors (Lipinski definition) is 2. The van der Waals surface area contributed by atoms with Gasteiger partial charge in [0.05, 0.1) is 6.10 Å². The lowest BCUT2D eigenvalue weighted by molar-refractivity contribution is -0.0253. The van der Waals surface area contributed by atoms with Gasteiger partial charge in [-0.3, -0.25) is 0 Å². The highest BCUT2D eigenvalue weighted by Crippen LogP contribution is 2.49. The Hall–Kier alpha value is -1.13. The Labute approximate surface area is 208 Å². The summed E-state index contributed by atoms with van der Waals surface area (Å²) >= 11 is 6.19. The van der Waals surface area contributed by atoms with Gasteiger partial charge >= 0.3 is 0 Å². The van der Waals surface area contributed by atoms with Crippen molar-refractivity contribution in [1.29, 1.82) is 0 Å². The number of hydrogen-bond donors (Lipinski definition) is 0. The number of benzene rings is 2. The van der Waals surface area contributed by atoms with Crippen LogP contribution in [0.15, 0.2) is 54.6 Å². The van der Waals surface area contributed by atoms with Gasteiger partial charge in [-0.25, -0.2) is 0 Å². The first-order chi connectivity index (χ1) is 15.6. The van der Waals surface area contributed by atoms with E-state index in [1.54, 1.807) is 0 Å². The summed E-state index contributed by atoms with van der Waals surface area (Å²) in [5.41, 5.74) is 3.41. The highest BCUT2D eigenvalue weighted by atomic mass is 35.5. The zero-order chi connectivity index (χ0) is 23.7. The molecule has 1 radical (unpaired) electrons. The monoisotopic (exact) mass is 482 g/mol. The van der Waals surface area contributed by atoms with Gasteiger partial charge in [0.15, 0.2) is 0 Å². The van der Waals surface area contributed by atoms with Crippen LogP contribution in [0.5, 0.6) is 0 Å². The van der Waals surface area contributed by atoms with E-state index in [0.717, 1.165) is 37.5 Å². The molecule has 0 aromatic heterocycles.